The number of halogens is 1. The normalized spacial score (nSPS) is 16.8. The van der Waals surface area contributed by atoms with Crippen molar-refractivity contribution in [3.8, 4) is 5.75 Å². The zero-order valence-electron chi connectivity index (χ0n) is 14.3. The van der Waals surface area contributed by atoms with E-state index < -0.39 is 6.03 Å². The zero-order chi connectivity index (χ0) is 18.4. The van der Waals surface area contributed by atoms with Gasteiger partial charge in [0.2, 0.25) is 0 Å². The van der Waals surface area contributed by atoms with Crippen LogP contribution >= 0.6 is 11.6 Å². The van der Waals surface area contributed by atoms with E-state index in [1.165, 1.54) is 6.20 Å². The van der Waals surface area contributed by atoms with Crippen LogP contribution in [0.2, 0.25) is 5.02 Å². The molecule has 1 aliphatic heterocycles. The Bertz CT molecular complexity index is 751. The number of rotatable bonds is 5. The topological polar surface area (TPSA) is 97.4 Å². The highest BCUT2D eigenvalue weighted by molar-refractivity contribution is 6.31. The molecule has 138 valence electrons. The van der Waals surface area contributed by atoms with Crippen molar-refractivity contribution in [3.05, 3.63) is 41.3 Å². The van der Waals surface area contributed by atoms with Crippen molar-refractivity contribution in [1.82, 2.24) is 15.3 Å². The number of urea groups is 1. The predicted molar refractivity (Wildman–Crippen MR) is 99.0 cm³/mol. The van der Waals surface area contributed by atoms with Crippen molar-refractivity contribution in [2.75, 3.05) is 37.0 Å². The van der Waals surface area contributed by atoms with Crippen molar-refractivity contribution in [2.45, 2.75) is 13.0 Å². The van der Waals surface area contributed by atoms with E-state index in [0.29, 0.717) is 42.1 Å². The van der Waals surface area contributed by atoms with Gasteiger partial charge in [-0.2, -0.15) is 0 Å². The molecule has 1 unspecified atom stereocenters. The van der Waals surface area contributed by atoms with E-state index in [2.05, 4.69) is 25.9 Å². The van der Waals surface area contributed by atoms with Gasteiger partial charge in [-0.25, -0.2) is 9.78 Å². The average molecular weight is 378 g/mol. The lowest BCUT2D eigenvalue weighted by Crippen LogP contribution is -2.44. The Morgan fingerprint density at radius 2 is 2.27 bits per heavy atom. The SMILES string of the molecule is Cc1cnc(NC(=O)Nc2cc(Cl)ccc2OCC2COCCN2)cn1. The van der Waals surface area contributed by atoms with Crippen LogP contribution in [0.1, 0.15) is 5.69 Å². The molecule has 9 heteroatoms. The van der Waals surface area contributed by atoms with E-state index in [0.717, 1.165) is 12.2 Å². The lowest BCUT2D eigenvalue weighted by Gasteiger charge is -2.24. The molecule has 0 spiro atoms. The van der Waals surface area contributed by atoms with E-state index in [9.17, 15) is 4.79 Å². The number of hydrogen-bond acceptors (Lipinski definition) is 6. The van der Waals surface area contributed by atoms with Crippen LogP contribution in [-0.2, 0) is 4.74 Å². The van der Waals surface area contributed by atoms with Crippen LogP contribution in [-0.4, -0.2) is 48.4 Å². The second kappa shape index (κ2) is 8.79. The Hall–Kier alpha value is -2.42. The van der Waals surface area contributed by atoms with Crippen molar-refractivity contribution in [1.29, 1.82) is 0 Å². The van der Waals surface area contributed by atoms with Gasteiger partial charge in [0, 0.05) is 11.6 Å². The van der Waals surface area contributed by atoms with Crippen LogP contribution in [0.4, 0.5) is 16.3 Å². The van der Waals surface area contributed by atoms with Crippen molar-refractivity contribution in [2.24, 2.45) is 0 Å². The van der Waals surface area contributed by atoms with Crippen LogP contribution in [0.5, 0.6) is 5.75 Å². The molecule has 0 saturated carbocycles. The summed E-state index contributed by atoms with van der Waals surface area (Å²) in [6.45, 7) is 4.31. The third-order valence-electron chi connectivity index (χ3n) is 3.65. The van der Waals surface area contributed by atoms with E-state index in [-0.39, 0.29) is 6.04 Å². The minimum absolute atomic E-state index is 0.101. The van der Waals surface area contributed by atoms with Gasteiger partial charge in [-0.3, -0.25) is 10.3 Å². The molecule has 2 heterocycles. The summed E-state index contributed by atoms with van der Waals surface area (Å²) in [6.07, 6.45) is 3.06. The van der Waals surface area contributed by atoms with E-state index in [1.807, 2.05) is 6.92 Å². The summed E-state index contributed by atoms with van der Waals surface area (Å²) in [4.78, 5) is 20.4. The first kappa shape index (κ1) is 18.4. The largest absolute Gasteiger partial charge is 0.490 e. The molecule has 1 aromatic carbocycles. The molecule has 2 aromatic rings. The van der Waals surface area contributed by atoms with Gasteiger partial charge in [-0.1, -0.05) is 11.6 Å². The Kier molecular flexibility index (Phi) is 6.21. The molecular formula is C17H20ClN5O3. The van der Waals surface area contributed by atoms with Gasteiger partial charge in [0.15, 0.2) is 5.82 Å². The minimum Gasteiger partial charge on any atom is -0.490 e. The van der Waals surface area contributed by atoms with Crippen molar-refractivity contribution < 1.29 is 14.3 Å². The fourth-order valence-electron chi connectivity index (χ4n) is 2.37. The summed E-state index contributed by atoms with van der Waals surface area (Å²) < 4.78 is 11.2. The number of carbonyl (C=O) groups is 1. The third-order valence-corrected chi connectivity index (χ3v) is 3.89. The first-order valence-electron chi connectivity index (χ1n) is 8.20. The van der Waals surface area contributed by atoms with Crippen LogP contribution in [0.3, 0.4) is 0 Å². The number of amides is 2. The highest BCUT2D eigenvalue weighted by Crippen LogP contribution is 2.28. The lowest BCUT2D eigenvalue weighted by atomic mass is 10.2. The summed E-state index contributed by atoms with van der Waals surface area (Å²) in [6, 6.07) is 4.68. The molecule has 1 saturated heterocycles. The van der Waals surface area contributed by atoms with Gasteiger partial charge in [-0.05, 0) is 25.1 Å². The maximum absolute atomic E-state index is 12.2. The average Bonchev–Trinajstić information content (AvgIpc) is 2.64. The maximum Gasteiger partial charge on any atom is 0.325 e. The molecule has 1 aromatic heterocycles. The van der Waals surface area contributed by atoms with Gasteiger partial charge in [-0.15, -0.1) is 0 Å². The Morgan fingerprint density at radius 1 is 1.38 bits per heavy atom. The number of aromatic nitrogens is 2. The molecule has 1 atom stereocenters. The lowest BCUT2D eigenvalue weighted by molar-refractivity contribution is 0.0594. The van der Waals surface area contributed by atoms with Crippen LogP contribution in [0.15, 0.2) is 30.6 Å². The van der Waals surface area contributed by atoms with Crippen LogP contribution < -0.4 is 20.7 Å². The smallest absolute Gasteiger partial charge is 0.325 e. The third kappa shape index (κ3) is 5.29. The molecule has 3 rings (SSSR count). The molecule has 26 heavy (non-hydrogen) atoms. The molecule has 1 aliphatic rings. The van der Waals surface area contributed by atoms with Crippen LogP contribution in [0, 0.1) is 6.92 Å². The molecule has 0 bridgehead atoms. The quantitative estimate of drug-likeness (QED) is 0.740. The first-order chi connectivity index (χ1) is 12.6. The highest BCUT2D eigenvalue weighted by Gasteiger charge is 2.15. The molecule has 0 aliphatic carbocycles. The number of nitrogens with one attached hydrogen (secondary N) is 3. The fraction of sp³-hybridized carbons (Fsp3) is 0.353. The predicted octanol–water partition coefficient (Wildman–Crippen LogP) is 2.45. The molecule has 3 N–H and O–H groups in total. The second-order valence-electron chi connectivity index (χ2n) is 5.80. The summed E-state index contributed by atoms with van der Waals surface area (Å²) >= 11 is 6.04. The Morgan fingerprint density at radius 3 is 3.00 bits per heavy atom. The molecule has 0 radical (unpaired) electrons. The zero-order valence-corrected chi connectivity index (χ0v) is 15.0. The van der Waals surface area contributed by atoms with Gasteiger partial charge in [0.05, 0.1) is 43.0 Å². The number of carbonyl (C=O) groups excluding carboxylic acids is 1. The molecule has 8 nitrogen and oxygen atoms in total. The number of ether oxygens (including phenoxy) is 2. The van der Waals surface area contributed by atoms with Gasteiger partial charge < -0.3 is 20.1 Å². The molecule has 1 fully saturated rings. The van der Waals surface area contributed by atoms with Gasteiger partial charge in [0.25, 0.3) is 0 Å². The highest BCUT2D eigenvalue weighted by atomic mass is 35.5. The van der Waals surface area contributed by atoms with E-state index in [4.69, 9.17) is 21.1 Å². The first-order valence-corrected chi connectivity index (χ1v) is 8.58. The second-order valence-corrected chi connectivity index (χ2v) is 6.24. The summed E-state index contributed by atoms with van der Waals surface area (Å²) in [5.74, 6) is 0.869. The number of benzene rings is 1. The summed E-state index contributed by atoms with van der Waals surface area (Å²) in [5.41, 5.74) is 1.23. The van der Waals surface area contributed by atoms with Crippen molar-refractivity contribution >= 4 is 29.1 Å². The Labute approximate surface area is 156 Å². The number of nitrogens with zero attached hydrogens (tertiary/aromatic N) is 2. The fourth-order valence-corrected chi connectivity index (χ4v) is 2.54. The molecule has 2 amide bonds. The van der Waals surface area contributed by atoms with Crippen LogP contribution in [0.25, 0.3) is 0 Å². The van der Waals surface area contributed by atoms with Crippen molar-refractivity contribution in [3.63, 3.8) is 0 Å². The monoisotopic (exact) mass is 377 g/mol. The number of aryl methyl sites for hydroxylation is 1. The van der Waals surface area contributed by atoms with Gasteiger partial charge in [0.1, 0.15) is 12.4 Å². The molecular weight excluding hydrogens is 358 g/mol. The van der Waals surface area contributed by atoms with Gasteiger partial charge >= 0.3 is 6.03 Å². The maximum atomic E-state index is 12.2. The standard InChI is InChI=1S/C17H20ClN5O3/c1-11-7-21-16(8-20-11)23-17(24)22-14-6-12(18)2-3-15(14)26-10-13-9-25-5-4-19-13/h2-3,6-8,13,19H,4-5,9-10H2,1H3,(H2,21,22,23,24). The minimum atomic E-state index is -0.464. The summed E-state index contributed by atoms with van der Waals surface area (Å²) in [7, 11) is 0. The van der Waals surface area contributed by atoms with E-state index in [1.54, 1.807) is 24.4 Å². The van der Waals surface area contributed by atoms with E-state index >= 15 is 0 Å². The number of anilines is 2. The number of hydrogen-bond donors (Lipinski definition) is 3. The Balaban J connectivity index is 1.62. The number of morpholine rings is 1. The summed E-state index contributed by atoms with van der Waals surface area (Å²) in [5, 5.41) is 9.13.